The summed E-state index contributed by atoms with van der Waals surface area (Å²) in [6, 6.07) is 21.3. The summed E-state index contributed by atoms with van der Waals surface area (Å²) in [4.78, 5) is 32.4. The topological polar surface area (TPSA) is 95.6 Å². The number of hydrogen-bond donors (Lipinski definition) is 3. The number of anilines is 4. The van der Waals surface area contributed by atoms with E-state index in [0.29, 0.717) is 11.4 Å². The molecule has 3 N–H and O–H groups in total. The molecule has 8 nitrogen and oxygen atoms in total. The maximum absolute atomic E-state index is 13.0. The van der Waals surface area contributed by atoms with Crippen molar-refractivity contribution in [3.63, 3.8) is 0 Å². The van der Waals surface area contributed by atoms with Gasteiger partial charge >= 0.3 is 6.03 Å². The highest BCUT2D eigenvalue weighted by atomic mass is 16.5. The SMILES string of the molecule is Cc1nc(N2CCOCC2)ccc1-c1ccc(NC(=O)Nc2ccc3c(c2)C(C)(C)C(=O)N3)c2ccccc12. The van der Waals surface area contributed by atoms with Gasteiger partial charge in [-0.2, -0.15) is 0 Å². The predicted octanol–water partition coefficient (Wildman–Crippen LogP) is 5.92. The lowest BCUT2D eigenvalue weighted by atomic mass is 9.86. The number of hydrogen-bond acceptors (Lipinski definition) is 5. The number of rotatable bonds is 4. The second kappa shape index (κ2) is 9.71. The zero-order valence-electron chi connectivity index (χ0n) is 22.3. The molecular formula is C31H31N5O3. The normalized spacial score (nSPS) is 16.1. The van der Waals surface area contributed by atoms with E-state index >= 15 is 0 Å². The van der Waals surface area contributed by atoms with Gasteiger partial charge in [-0.15, -0.1) is 0 Å². The molecule has 0 radical (unpaired) electrons. The number of ether oxygens (including phenoxy) is 1. The first-order valence-corrected chi connectivity index (χ1v) is 13.2. The smallest absolute Gasteiger partial charge is 0.323 e. The zero-order valence-corrected chi connectivity index (χ0v) is 22.3. The molecule has 0 unspecified atom stereocenters. The second-order valence-electron chi connectivity index (χ2n) is 10.5. The van der Waals surface area contributed by atoms with Gasteiger partial charge in [0.2, 0.25) is 5.91 Å². The molecule has 0 spiro atoms. The largest absolute Gasteiger partial charge is 0.378 e. The lowest BCUT2D eigenvalue weighted by Crippen LogP contribution is -2.36. The van der Waals surface area contributed by atoms with E-state index in [9.17, 15) is 9.59 Å². The number of urea groups is 1. The standard InChI is InChI=1S/C31H31N5O3/c1-19-21(10-13-28(32-19)36-14-16-39-17-15-36)23-9-12-26(24-7-5-4-6-22(23)24)35-30(38)33-20-8-11-27-25(18-20)31(2,3)29(37)34-27/h4-13,18H,14-17H2,1-3H3,(H,34,37)(H2,33,35,38). The van der Waals surface area contributed by atoms with Crippen molar-refractivity contribution in [3.05, 3.63) is 78.0 Å². The van der Waals surface area contributed by atoms with Crippen LogP contribution in [0.1, 0.15) is 25.1 Å². The van der Waals surface area contributed by atoms with Crippen LogP contribution in [0.2, 0.25) is 0 Å². The molecule has 198 valence electrons. The minimum atomic E-state index is -0.650. The lowest BCUT2D eigenvalue weighted by Gasteiger charge is -2.28. The Morgan fingerprint density at radius 2 is 1.69 bits per heavy atom. The number of nitrogens with zero attached hydrogens (tertiary/aromatic N) is 2. The van der Waals surface area contributed by atoms with Crippen molar-refractivity contribution >= 4 is 45.6 Å². The van der Waals surface area contributed by atoms with E-state index in [1.807, 2.05) is 63.2 Å². The number of aryl methyl sites for hydroxylation is 1. The number of aromatic nitrogens is 1. The Morgan fingerprint density at radius 1 is 0.949 bits per heavy atom. The van der Waals surface area contributed by atoms with Gasteiger partial charge in [-0.25, -0.2) is 9.78 Å². The number of carbonyl (C=O) groups is 2. The van der Waals surface area contributed by atoms with Crippen LogP contribution in [0, 0.1) is 6.92 Å². The molecule has 3 amide bonds. The highest BCUT2D eigenvalue weighted by molar-refractivity contribution is 6.10. The van der Waals surface area contributed by atoms with Crippen molar-refractivity contribution in [2.45, 2.75) is 26.2 Å². The van der Waals surface area contributed by atoms with Crippen molar-refractivity contribution in [2.75, 3.05) is 47.2 Å². The molecule has 2 aliphatic rings. The van der Waals surface area contributed by atoms with Crippen LogP contribution in [-0.2, 0) is 14.9 Å². The van der Waals surface area contributed by atoms with Crippen LogP contribution >= 0.6 is 0 Å². The van der Waals surface area contributed by atoms with Gasteiger partial charge in [-0.1, -0.05) is 30.3 Å². The first-order chi connectivity index (χ1) is 18.8. The fourth-order valence-electron chi connectivity index (χ4n) is 5.38. The summed E-state index contributed by atoms with van der Waals surface area (Å²) < 4.78 is 5.48. The third-order valence-corrected chi connectivity index (χ3v) is 7.64. The molecule has 0 bridgehead atoms. The molecule has 0 atom stereocenters. The van der Waals surface area contributed by atoms with E-state index < -0.39 is 5.41 Å². The van der Waals surface area contributed by atoms with Crippen LogP contribution < -0.4 is 20.9 Å². The molecule has 0 saturated carbocycles. The minimum Gasteiger partial charge on any atom is -0.378 e. The lowest BCUT2D eigenvalue weighted by molar-refractivity contribution is -0.119. The Bertz CT molecular complexity index is 1610. The fraction of sp³-hybridized carbons (Fsp3) is 0.258. The van der Waals surface area contributed by atoms with Crippen LogP contribution in [0.4, 0.5) is 27.7 Å². The van der Waals surface area contributed by atoms with E-state index in [1.54, 1.807) is 6.07 Å². The van der Waals surface area contributed by atoms with Crippen molar-refractivity contribution in [2.24, 2.45) is 0 Å². The quantitative estimate of drug-likeness (QED) is 0.310. The molecule has 6 rings (SSSR count). The summed E-state index contributed by atoms with van der Waals surface area (Å²) in [7, 11) is 0. The molecule has 1 fully saturated rings. The van der Waals surface area contributed by atoms with Crippen LogP contribution in [0.15, 0.2) is 66.7 Å². The Hall–Kier alpha value is -4.43. The van der Waals surface area contributed by atoms with E-state index in [0.717, 1.165) is 71.0 Å². The highest BCUT2D eigenvalue weighted by Gasteiger charge is 2.38. The van der Waals surface area contributed by atoms with Gasteiger partial charge in [0.1, 0.15) is 5.82 Å². The van der Waals surface area contributed by atoms with Gasteiger partial charge in [0.25, 0.3) is 0 Å². The summed E-state index contributed by atoms with van der Waals surface area (Å²) in [5, 5.41) is 10.8. The molecule has 1 aromatic heterocycles. The van der Waals surface area contributed by atoms with E-state index in [1.165, 1.54) is 0 Å². The molecule has 4 aromatic rings. The molecule has 3 heterocycles. The molecule has 0 aliphatic carbocycles. The Morgan fingerprint density at radius 3 is 2.46 bits per heavy atom. The molecule has 8 heteroatoms. The van der Waals surface area contributed by atoms with Crippen molar-refractivity contribution in [1.29, 1.82) is 0 Å². The summed E-state index contributed by atoms with van der Waals surface area (Å²) in [5.41, 5.74) is 5.40. The van der Waals surface area contributed by atoms with Crippen molar-refractivity contribution in [1.82, 2.24) is 4.98 Å². The van der Waals surface area contributed by atoms with Crippen LogP contribution in [0.3, 0.4) is 0 Å². The highest BCUT2D eigenvalue weighted by Crippen LogP contribution is 2.39. The van der Waals surface area contributed by atoms with Crippen LogP contribution in [-0.4, -0.2) is 43.2 Å². The Labute approximate surface area is 227 Å². The Balaban J connectivity index is 1.26. The number of amides is 3. The number of morpholine rings is 1. The van der Waals surface area contributed by atoms with Crippen molar-refractivity contribution in [3.8, 4) is 11.1 Å². The predicted molar refractivity (Wildman–Crippen MR) is 156 cm³/mol. The van der Waals surface area contributed by atoms with Gasteiger partial charge < -0.3 is 25.6 Å². The van der Waals surface area contributed by atoms with Gasteiger partial charge in [0.15, 0.2) is 0 Å². The van der Waals surface area contributed by atoms with E-state index in [2.05, 4.69) is 39.0 Å². The molecule has 1 saturated heterocycles. The van der Waals surface area contributed by atoms with Crippen LogP contribution in [0.25, 0.3) is 21.9 Å². The fourth-order valence-corrected chi connectivity index (χ4v) is 5.38. The van der Waals surface area contributed by atoms with E-state index in [4.69, 9.17) is 9.72 Å². The summed E-state index contributed by atoms with van der Waals surface area (Å²) in [6.07, 6.45) is 0. The zero-order chi connectivity index (χ0) is 27.1. The van der Waals surface area contributed by atoms with Gasteiger partial charge in [0.05, 0.1) is 24.3 Å². The number of fused-ring (bicyclic) bond motifs is 2. The minimum absolute atomic E-state index is 0.0492. The average Bonchev–Trinajstić information content (AvgIpc) is 3.17. The maximum atomic E-state index is 13.0. The van der Waals surface area contributed by atoms with Crippen LogP contribution in [0.5, 0.6) is 0 Å². The van der Waals surface area contributed by atoms with Gasteiger partial charge in [0, 0.05) is 41.1 Å². The summed E-state index contributed by atoms with van der Waals surface area (Å²) in [5.74, 6) is 0.917. The van der Waals surface area contributed by atoms with Gasteiger partial charge in [-0.05, 0) is 73.7 Å². The molecule has 39 heavy (non-hydrogen) atoms. The third kappa shape index (κ3) is 4.57. The number of nitrogens with one attached hydrogen (secondary N) is 3. The second-order valence-corrected chi connectivity index (χ2v) is 10.5. The first-order valence-electron chi connectivity index (χ1n) is 13.2. The van der Waals surface area contributed by atoms with Gasteiger partial charge in [-0.3, -0.25) is 4.79 Å². The monoisotopic (exact) mass is 521 g/mol. The summed E-state index contributed by atoms with van der Waals surface area (Å²) in [6.45, 7) is 8.91. The third-order valence-electron chi connectivity index (χ3n) is 7.64. The Kier molecular flexibility index (Phi) is 6.19. The molecule has 3 aromatic carbocycles. The molecule has 2 aliphatic heterocycles. The summed E-state index contributed by atoms with van der Waals surface area (Å²) >= 11 is 0. The van der Waals surface area contributed by atoms with Crippen molar-refractivity contribution < 1.29 is 14.3 Å². The number of pyridine rings is 1. The number of carbonyl (C=O) groups excluding carboxylic acids is 2. The number of benzene rings is 3. The molecular weight excluding hydrogens is 490 g/mol. The average molecular weight is 522 g/mol. The maximum Gasteiger partial charge on any atom is 0.323 e. The van der Waals surface area contributed by atoms with E-state index in [-0.39, 0.29) is 11.9 Å². The first kappa shape index (κ1) is 24.9.